The minimum atomic E-state index is 0.684. The zero-order valence-electron chi connectivity index (χ0n) is 7.76. The number of halogens is 2. The molecule has 0 saturated carbocycles. The number of hydrogen-bond acceptors (Lipinski definition) is 3. The lowest BCUT2D eigenvalue weighted by molar-refractivity contribution is 0.463. The van der Waals surface area contributed by atoms with Crippen molar-refractivity contribution in [2.45, 2.75) is 13.1 Å². The van der Waals surface area contributed by atoms with Crippen LogP contribution in [0.25, 0.3) is 0 Å². The SMILES string of the molecule is Brc1cc(CNCc2ccn[nH]2)oc1Br. The Balaban J connectivity index is 1.83. The smallest absolute Gasteiger partial charge is 0.183 e. The van der Waals surface area contributed by atoms with E-state index in [-0.39, 0.29) is 0 Å². The minimum absolute atomic E-state index is 0.684. The van der Waals surface area contributed by atoms with Gasteiger partial charge < -0.3 is 9.73 Å². The Kier molecular flexibility index (Phi) is 3.61. The van der Waals surface area contributed by atoms with E-state index in [0.717, 1.165) is 27.1 Å². The van der Waals surface area contributed by atoms with Gasteiger partial charge in [0.15, 0.2) is 4.67 Å². The van der Waals surface area contributed by atoms with Crippen LogP contribution in [0, 0.1) is 0 Å². The van der Waals surface area contributed by atoms with Gasteiger partial charge in [-0.25, -0.2) is 0 Å². The molecule has 0 radical (unpaired) electrons. The predicted molar refractivity (Wildman–Crippen MR) is 63.2 cm³/mol. The van der Waals surface area contributed by atoms with E-state index in [2.05, 4.69) is 47.4 Å². The molecular weight excluding hydrogens is 326 g/mol. The third kappa shape index (κ3) is 2.93. The molecule has 15 heavy (non-hydrogen) atoms. The molecule has 0 aromatic carbocycles. The summed E-state index contributed by atoms with van der Waals surface area (Å²) in [7, 11) is 0. The quantitative estimate of drug-likeness (QED) is 0.904. The van der Waals surface area contributed by atoms with Gasteiger partial charge in [-0.15, -0.1) is 0 Å². The summed E-state index contributed by atoms with van der Waals surface area (Å²) in [4.78, 5) is 0. The minimum Gasteiger partial charge on any atom is -0.452 e. The molecule has 0 unspecified atom stereocenters. The maximum absolute atomic E-state index is 5.42. The second-order valence-electron chi connectivity index (χ2n) is 3.02. The summed E-state index contributed by atoms with van der Waals surface area (Å²) in [6, 6.07) is 3.87. The molecule has 2 N–H and O–H groups in total. The van der Waals surface area contributed by atoms with Crippen LogP contribution in [0.15, 0.2) is 31.9 Å². The summed E-state index contributed by atoms with van der Waals surface area (Å²) >= 11 is 6.65. The molecule has 0 spiro atoms. The second kappa shape index (κ2) is 4.96. The van der Waals surface area contributed by atoms with Crippen molar-refractivity contribution in [2.24, 2.45) is 0 Å². The Morgan fingerprint density at radius 3 is 2.87 bits per heavy atom. The summed E-state index contributed by atoms with van der Waals surface area (Å²) in [5.41, 5.74) is 1.06. The Bertz CT molecular complexity index is 405. The third-order valence-electron chi connectivity index (χ3n) is 1.87. The first-order valence-corrected chi connectivity index (χ1v) is 5.97. The van der Waals surface area contributed by atoms with Crippen LogP contribution in [0.3, 0.4) is 0 Å². The molecule has 0 aliphatic rings. The molecule has 0 bridgehead atoms. The fraction of sp³-hybridized carbons (Fsp3) is 0.222. The van der Waals surface area contributed by atoms with Crippen LogP contribution in [-0.2, 0) is 13.1 Å². The van der Waals surface area contributed by atoms with Gasteiger partial charge in [0.25, 0.3) is 0 Å². The van der Waals surface area contributed by atoms with Gasteiger partial charge in [0.1, 0.15) is 5.76 Å². The maximum Gasteiger partial charge on any atom is 0.183 e. The van der Waals surface area contributed by atoms with Crippen LogP contribution in [0.2, 0.25) is 0 Å². The lowest BCUT2D eigenvalue weighted by atomic mass is 10.4. The summed E-state index contributed by atoms with van der Waals surface area (Å²) < 4.78 is 7.07. The predicted octanol–water partition coefficient (Wildman–Crippen LogP) is 2.82. The number of aromatic nitrogens is 2. The number of furan rings is 1. The number of hydrogen-bond donors (Lipinski definition) is 2. The number of H-pyrrole nitrogens is 1. The Morgan fingerprint density at radius 1 is 1.40 bits per heavy atom. The Morgan fingerprint density at radius 2 is 2.27 bits per heavy atom. The number of rotatable bonds is 4. The molecule has 0 saturated heterocycles. The van der Waals surface area contributed by atoms with E-state index in [9.17, 15) is 0 Å². The third-order valence-corrected chi connectivity index (χ3v) is 3.58. The lowest BCUT2D eigenvalue weighted by Crippen LogP contribution is -2.12. The van der Waals surface area contributed by atoms with E-state index in [4.69, 9.17) is 4.42 Å². The maximum atomic E-state index is 5.42. The summed E-state index contributed by atoms with van der Waals surface area (Å²) in [6.45, 7) is 1.43. The highest BCUT2D eigenvalue weighted by molar-refractivity contribution is 9.13. The highest BCUT2D eigenvalue weighted by Crippen LogP contribution is 2.26. The van der Waals surface area contributed by atoms with E-state index >= 15 is 0 Å². The van der Waals surface area contributed by atoms with Crippen molar-refractivity contribution < 1.29 is 4.42 Å². The molecule has 0 amide bonds. The second-order valence-corrected chi connectivity index (χ2v) is 4.59. The fourth-order valence-corrected chi connectivity index (χ4v) is 1.84. The van der Waals surface area contributed by atoms with E-state index in [1.807, 2.05) is 12.1 Å². The molecule has 0 aliphatic carbocycles. The van der Waals surface area contributed by atoms with Crippen molar-refractivity contribution in [1.82, 2.24) is 15.5 Å². The molecule has 6 heteroatoms. The molecule has 2 aromatic rings. The van der Waals surface area contributed by atoms with Gasteiger partial charge in [0.05, 0.1) is 11.0 Å². The van der Waals surface area contributed by atoms with E-state index in [1.165, 1.54) is 0 Å². The van der Waals surface area contributed by atoms with Crippen molar-refractivity contribution in [3.05, 3.63) is 38.9 Å². The van der Waals surface area contributed by atoms with Crippen LogP contribution in [0.1, 0.15) is 11.5 Å². The molecule has 2 heterocycles. The lowest BCUT2D eigenvalue weighted by Gasteiger charge is -1.99. The van der Waals surface area contributed by atoms with Gasteiger partial charge in [-0.1, -0.05) is 0 Å². The summed E-state index contributed by atoms with van der Waals surface area (Å²) in [5, 5.41) is 9.98. The highest BCUT2D eigenvalue weighted by Gasteiger charge is 2.05. The van der Waals surface area contributed by atoms with E-state index < -0.39 is 0 Å². The molecule has 2 aromatic heterocycles. The van der Waals surface area contributed by atoms with Gasteiger partial charge in [-0.2, -0.15) is 5.10 Å². The average molecular weight is 335 g/mol. The summed E-state index contributed by atoms with van der Waals surface area (Å²) in [5.74, 6) is 0.883. The normalized spacial score (nSPS) is 10.8. The molecule has 0 atom stereocenters. The molecular formula is C9H9Br2N3O. The first-order chi connectivity index (χ1) is 7.25. The molecule has 80 valence electrons. The van der Waals surface area contributed by atoms with Gasteiger partial charge in [0, 0.05) is 18.4 Å². The monoisotopic (exact) mass is 333 g/mol. The Hall–Kier alpha value is -0.590. The standard InChI is InChI=1S/C9H9Br2N3O/c10-8-3-7(15-9(8)11)5-12-4-6-1-2-13-14-6/h1-3,12H,4-5H2,(H,13,14). The van der Waals surface area contributed by atoms with Crippen LogP contribution >= 0.6 is 31.9 Å². The van der Waals surface area contributed by atoms with Crippen molar-refractivity contribution in [3.63, 3.8) is 0 Å². The van der Waals surface area contributed by atoms with E-state index in [0.29, 0.717) is 6.54 Å². The molecule has 4 nitrogen and oxygen atoms in total. The molecule has 2 rings (SSSR count). The van der Waals surface area contributed by atoms with Crippen molar-refractivity contribution >= 4 is 31.9 Å². The first kappa shape index (κ1) is 10.9. The zero-order chi connectivity index (χ0) is 10.7. The number of nitrogens with zero attached hydrogens (tertiary/aromatic N) is 1. The van der Waals surface area contributed by atoms with Crippen molar-refractivity contribution in [3.8, 4) is 0 Å². The largest absolute Gasteiger partial charge is 0.452 e. The van der Waals surface area contributed by atoms with Crippen molar-refractivity contribution in [2.75, 3.05) is 0 Å². The Labute approximate surface area is 104 Å². The van der Waals surface area contributed by atoms with Gasteiger partial charge in [-0.05, 0) is 44.0 Å². The topological polar surface area (TPSA) is 53.9 Å². The number of nitrogens with one attached hydrogen (secondary N) is 2. The molecule has 0 fully saturated rings. The zero-order valence-corrected chi connectivity index (χ0v) is 10.9. The summed E-state index contributed by atoms with van der Waals surface area (Å²) in [6.07, 6.45) is 1.73. The first-order valence-electron chi connectivity index (χ1n) is 4.38. The van der Waals surface area contributed by atoms with Crippen molar-refractivity contribution in [1.29, 1.82) is 0 Å². The van der Waals surface area contributed by atoms with E-state index in [1.54, 1.807) is 6.20 Å². The number of aromatic amines is 1. The van der Waals surface area contributed by atoms with Gasteiger partial charge in [-0.3, -0.25) is 5.10 Å². The molecule has 0 aliphatic heterocycles. The van der Waals surface area contributed by atoms with Crippen LogP contribution in [0.5, 0.6) is 0 Å². The average Bonchev–Trinajstić information content (AvgIpc) is 2.79. The highest BCUT2D eigenvalue weighted by atomic mass is 79.9. The van der Waals surface area contributed by atoms with Gasteiger partial charge >= 0.3 is 0 Å². The van der Waals surface area contributed by atoms with Gasteiger partial charge in [0.2, 0.25) is 0 Å². The fourth-order valence-electron chi connectivity index (χ4n) is 1.18. The van der Waals surface area contributed by atoms with Crippen LogP contribution in [0.4, 0.5) is 0 Å². The van der Waals surface area contributed by atoms with Crippen LogP contribution < -0.4 is 5.32 Å². The van der Waals surface area contributed by atoms with Crippen LogP contribution in [-0.4, -0.2) is 10.2 Å².